The van der Waals surface area contributed by atoms with Gasteiger partial charge in [0.15, 0.2) is 0 Å². The average molecular weight is 307 g/mol. The second kappa shape index (κ2) is 7.44. The first-order valence-corrected chi connectivity index (χ1v) is 9.01. The summed E-state index contributed by atoms with van der Waals surface area (Å²) in [5.74, 6) is 0.706. The number of carbonyl (C=O) groups excluding carboxylic acids is 2. The normalized spacial score (nSPS) is 31.2. The van der Waals surface area contributed by atoms with E-state index in [1.54, 1.807) is 0 Å². The SMILES string of the molecule is O=C(CCC1CCCC1)NCC(=O)NC1CC2CCC(C1)N2. The molecule has 2 aliphatic heterocycles. The molecule has 22 heavy (non-hydrogen) atoms. The minimum Gasteiger partial charge on any atom is -0.352 e. The maximum absolute atomic E-state index is 12.0. The minimum atomic E-state index is -0.0412. The zero-order valence-electron chi connectivity index (χ0n) is 13.4. The molecule has 1 saturated carbocycles. The van der Waals surface area contributed by atoms with Gasteiger partial charge in [0.2, 0.25) is 11.8 Å². The van der Waals surface area contributed by atoms with Crippen LogP contribution in [0.2, 0.25) is 0 Å². The standard InChI is InChI=1S/C17H29N3O2/c21-16(8-5-12-3-1-2-4-12)18-11-17(22)20-15-9-13-6-7-14(10-15)19-13/h12-15,19H,1-11H2,(H,18,21)(H,20,22). The number of hydrogen-bond acceptors (Lipinski definition) is 3. The highest BCUT2D eigenvalue weighted by molar-refractivity contribution is 5.84. The molecule has 2 amide bonds. The van der Waals surface area contributed by atoms with Crippen LogP contribution < -0.4 is 16.0 Å². The highest BCUT2D eigenvalue weighted by Gasteiger charge is 2.33. The molecule has 0 aromatic carbocycles. The number of rotatable bonds is 6. The van der Waals surface area contributed by atoms with Crippen molar-refractivity contribution in [2.24, 2.45) is 5.92 Å². The fourth-order valence-corrected chi connectivity index (χ4v) is 4.36. The van der Waals surface area contributed by atoms with E-state index < -0.39 is 0 Å². The van der Waals surface area contributed by atoms with E-state index in [1.165, 1.54) is 38.5 Å². The third kappa shape index (κ3) is 4.45. The lowest BCUT2D eigenvalue weighted by Gasteiger charge is -2.29. The fourth-order valence-electron chi connectivity index (χ4n) is 4.36. The molecule has 3 fully saturated rings. The van der Waals surface area contributed by atoms with Crippen molar-refractivity contribution in [2.75, 3.05) is 6.54 Å². The van der Waals surface area contributed by atoms with Crippen LogP contribution in [0.25, 0.3) is 0 Å². The summed E-state index contributed by atoms with van der Waals surface area (Å²) < 4.78 is 0. The Hall–Kier alpha value is -1.10. The van der Waals surface area contributed by atoms with Crippen LogP contribution in [0.3, 0.4) is 0 Å². The summed E-state index contributed by atoms with van der Waals surface area (Å²) in [4.78, 5) is 23.8. The third-order valence-corrected chi connectivity index (χ3v) is 5.54. The quantitative estimate of drug-likeness (QED) is 0.696. The summed E-state index contributed by atoms with van der Waals surface area (Å²) in [5, 5.41) is 9.41. The lowest BCUT2D eigenvalue weighted by molar-refractivity contribution is -0.126. The minimum absolute atomic E-state index is 0.0208. The van der Waals surface area contributed by atoms with Crippen LogP contribution in [-0.4, -0.2) is 36.5 Å². The van der Waals surface area contributed by atoms with Gasteiger partial charge in [0, 0.05) is 24.5 Å². The summed E-state index contributed by atoms with van der Waals surface area (Å²) in [6.45, 7) is 0.128. The van der Waals surface area contributed by atoms with Gasteiger partial charge in [0.25, 0.3) is 0 Å². The van der Waals surface area contributed by atoms with Crippen LogP contribution in [-0.2, 0) is 9.59 Å². The third-order valence-electron chi connectivity index (χ3n) is 5.54. The van der Waals surface area contributed by atoms with Crippen LogP contribution >= 0.6 is 0 Å². The molecule has 0 spiro atoms. The van der Waals surface area contributed by atoms with Crippen molar-refractivity contribution in [1.82, 2.24) is 16.0 Å². The van der Waals surface area contributed by atoms with Gasteiger partial charge in [-0.1, -0.05) is 25.7 Å². The number of carbonyl (C=O) groups is 2. The second-order valence-electron chi connectivity index (χ2n) is 7.34. The van der Waals surface area contributed by atoms with E-state index in [-0.39, 0.29) is 24.4 Å². The highest BCUT2D eigenvalue weighted by Crippen LogP contribution is 2.28. The maximum Gasteiger partial charge on any atom is 0.239 e. The molecular weight excluding hydrogens is 278 g/mol. The smallest absolute Gasteiger partial charge is 0.239 e. The van der Waals surface area contributed by atoms with Crippen molar-refractivity contribution in [3.05, 3.63) is 0 Å². The summed E-state index contributed by atoms with van der Waals surface area (Å²) in [5.41, 5.74) is 0. The summed E-state index contributed by atoms with van der Waals surface area (Å²) in [7, 11) is 0. The van der Waals surface area contributed by atoms with Crippen molar-refractivity contribution in [1.29, 1.82) is 0 Å². The number of hydrogen-bond donors (Lipinski definition) is 3. The van der Waals surface area contributed by atoms with Gasteiger partial charge in [-0.3, -0.25) is 9.59 Å². The van der Waals surface area contributed by atoms with Crippen molar-refractivity contribution in [3.63, 3.8) is 0 Å². The van der Waals surface area contributed by atoms with E-state index in [0.717, 1.165) is 25.2 Å². The molecule has 2 unspecified atom stereocenters. The van der Waals surface area contributed by atoms with E-state index in [4.69, 9.17) is 0 Å². The lowest BCUT2D eigenvalue weighted by atomic mass is 10.00. The van der Waals surface area contributed by atoms with Crippen LogP contribution in [0.4, 0.5) is 0 Å². The molecule has 5 nitrogen and oxygen atoms in total. The van der Waals surface area contributed by atoms with E-state index in [2.05, 4.69) is 16.0 Å². The molecule has 2 saturated heterocycles. The molecule has 2 bridgehead atoms. The summed E-state index contributed by atoms with van der Waals surface area (Å²) in [6.07, 6.45) is 11.2. The van der Waals surface area contributed by atoms with Crippen molar-refractivity contribution >= 4 is 11.8 Å². The predicted molar refractivity (Wildman–Crippen MR) is 85.3 cm³/mol. The summed E-state index contributed by atoms with van der Waals surface area (Å²) in [6, 6.07) is 1.43. The molecule has 2 heterocycles. The Morgan fingerprint density at radius 1 is 0.955 bits per heavy atom. The van der Waals surface area contributed by atoms with Crippen LogP contribution in [0, 0.1) is 5.92 Å². The fraction of sp³-hybridized carbons (Fsp3) is 0.882. The average Bonchev–Trinajstić information content (AvgIpc) is 3.13. The first kappa shape index (κ1) is 15.8. The van der Waals surface area contributed by atoms with E-state index >= 15 is 0 Å². The van der Waals surface area contributed by atoms with Crippen molar-refractivity contribution in [3.8, 4) is 0 Å². The molecule has 0 aromatic heterocycles. The van der Waals surface area contributed by atoms with Crippen molar-refractivity contribution in [2.45, 2.75) is 82.3 Å². The Labute approximate surface area is 133 Å². The Bertz CT molecular complexity index is 395. The van der Waals surface area contributed by atoms with Gasteiger partial charge in [0.05, 0.1) is 6.54 Å². The monoisotopic (exact) mass is 307 g/mol. The van der Waals surface area contributed by atoms with E-state index in [9.17, 15) is 9.59 Å². The topological polar surface area (TPSA) is 70.2 Å². The predicted octanol–water partition coefficient (Wildman–Crippen LogP) is 1.47. The van der Waals surface area contributed by atoms with Crippen LogP contribution in [0.15, 0.2) is 0 Å². The summed E-state index contributed by atoms with van der Waals surface area (Å²) >= 11 is 0. The van der Waals surface area contributed by atoms with Gasteiger partial charge < -0.3 is 16.0 Å². The Kier molecular flexibility index (Phi) is 5.34. The number of amides is 2. The molecule has 0 aromatic rings. The Morgan fingerprint density at radius 2 is 1.64 bits per heavy atom. The molecule has 3 aliphatic rings. The first-order valence-electron chi connectivity index (χ1n) is 9.01. The lowest BCUT2D eigenvalue weighted by Crippen LogP contribution is -2.50. The number of piperidine rings is 1. The van der Waals surface area contributed by atoms with Gasteiger partial charge in [-0.2, -0.15) is 0 Å². The second-order valence-corrected chi connectivity index (χ2v) is 7.34. The molecular formula is C17H29N3O2. The van der Waals surface area contributed by atoms with E-state index in [0.29, 0.717) is 18.5 Å². The van der Waals surface area contributed by atoms with Gasteiger partial charge in [-0.25, -0.2) is 0 Å². The highest BCUT2D eigenvalue weighted by atomic mass is 16.2. The van der Waals surface area contributed by atoms with Crippen LogP contribution in [0.1, 0.15) is 64.2 Å². The molecule has 2 atom stereocenters. The van der Waals surface area contributed by atoms with Gasteiger partial charge in [0.1, 0.15) is 0 Å². The number of nitrogens with one attached hydrogen (secondary N) is 3. The first-order chi connectivity index (χ1) is 10.7. The van der Waals surface area contributed by atoms with E-state index in [1.807, 2.05) is 0 Å². The van der Waals surface area contributed by atoms with Gasteiger partial charge in [-0.15, -0.1) is 0 Å². The molecule has 124 valence electrons. The molecule has 0 radical (unpaired) electrons. The van der Waals surface area contributed by atoms with Gasteiger partial charge >= 0.3 is 0 Å². The van der Waals surface area contributed by atoms with Crippen LogP contribution in [0.5, 0.6) is 0 Å². The largest absolute Gasteiger partial charge is 0.352 e. The molecule has 3 rings (SSSR count). The molecule has 1 aliphatic carbocycles. The van der Waals surface area contributed by atoms with Gasteiger partial charge in [-0.05, 0) is 38.0 Å². The molecule has 3 N–H and O–H groups in total. The zero-order chi connectivity index (χ0) is 15.4. The molecule has 5 heteroatoms. The Balaban J connectivity index is 1.29. The maximum atomic E-state index is 12.0. The number of fused-ring (bicyclic) bond motifs is 2. The zero-order valence-corrected chi connectivity index (χ0v) is 13.4. The Morgan fingerprint density at radius 3 is 2.32 bits per heavy atom. The van der Waals surface area contributed by atoms with Crippen molar-refractivity contribution < 1.29 is 9.59 Å².